The molecule has 0 aliphatic heterocycles. The van der Waals surface area contributed by atoms with Crippen LogP contribution >= 0.6 is 11.6 Å². The molecule has 0 unspecified atom stereocenters. The average molecular weight is 382 g/mol. The largest absolute Gasteiger partial charge is 0.493 e. The Hall–Kier alpha value is -2.80. The van der Waals surface area contributed by atoms with Crippen LogP contribution in [0.1, 0.15) is 15.9 Å². The van der Waals surface area contributed by atoms with Gasteiger partial charge in [0.1, 0.15) is 5.82 Å². The van der Waals surface area contributed by atoms with Crippen LogP contribution in [0, 0.1) is 5.82 Å². The number of amides is 1. The fourth-order valence-electron chi connectivity index (χ4n) is 2.32. The molecule has 0 radical (unpaired) electrons. The number of halogens is 2. The number of carbonyl (C=O) groups excluding carboxylic acids is 2. The van der Waals surface area contributed by atoms with Crippen LogP contribution in [0.4, 0.5) is 10.1 Å². The Kier molecular flexibility index (Phi) is 6.41. The van der Waals surface area contributed by atoms with Crippen LogP contribution in [-0.2, 0) is 16.0 Å². The second-order valence-corrected chi connectivity index (χ2v) is 5.58. The molecule has 2 aromatic carbocycles. The summed E-state index contributed by atoms with van der Waals surface area (Å²) in [5, 5.41) is 2.69. The number of methoxy groups -OCH3 is 3. The molecule has 1 amide bonds. The third kappa shape index (κ3) is 4.23. The van der Waals surface area contributed by atoms with Gasteiger partial charge in [0, 0.05) is 22.7 Å². The number of hydrogen-bond acceptors (Lipinski definition) is 5. The molecule has 0 aliphatic carbocycles. The third-order valence-electron chi connectivity index (χ3n) is 3.60. The van der Waals surface area contributed by atoms with E-state index in [1.165, 1.54) is 51.7 Å². The van der Waals surface area contributed by atoms with E-state index in [2.05, 4.69) is 5.32 Å². The van der Waals surface area contributed by atoms with Crippen molar-refractivity contribution in [3.05, 3.63) is 52.3 Å². The van der Waals surface area contributed by atoms with Crippen LogP contribution in [0.25, 0.3) is 0 Å². The van der Waals surface area contributed by atoms with Gasteiger partial charge in [-0.3, -0.25) is 4.79 Å². The van der Waals surface area contributed by atoms with E-state index in [0.29, 0.717) is 11.5 Å². The van der Waals surface area contributed by atoms with E-state index in [4.69, 9.17) is 25.8 Å². The predicted molar refractivity (Wildman–Crippen MR) is 94.6 cm³/mol. The molecule has 2 aromatic rings. The van der Waals surface area contributed by atoms with Gasteiger partial charge in [-0.05, 0) is 12.1 Å². The summed E-state index contributed by atoms with van der Waals surface area (Å²) in [5.74, 6) is -1.23. The number of hydrogen-bond donors (Lipinski definition) is 1. The lowest BCUT2D eigenvalue weighted by Crippen LogP contribution is -2.18. The summed E-state index contributed by atoms with van der Waals surface area (Å²) in [6.45, 7) is 0. The standard InChI is InChI=1S/C18H17ClFNO5/c1-24-15-7-11(18(23)26-3)14(9-16(15)25-2)21-17(22)8-10-12(19)5-4-6-13(10)20/h4-7,9H,8H2,1-3H3,(H,21,22). The molecule has 138 valence electrons. The first-order valence-electron chi connectivity index (χ1n) is 7.48. The number of carbonyl (C=O) groups is 2. The van der Waals surface area contributed by atoms with Crippen LogP contribution in [0.3, 0.4) is 0 Å². The molecular formula is C18H17ClFNO5. The van der Waals surface area contributed by atoms with Crippen molar-refractivity contribution < 1.29 is 28.2 Å². The molecule has 0 saturated heterocycles. The smallest absolute Gasteiger partial charge is 0.340 e. The van der Waals surface area contributed by atoms with Crippen LogP contribution in [0.5, 0.6) is 11.5 Å². The molecule has 26 heavy (non-hydrogen) atoms. The lowest BCUT2D eigenvalue weighted by atomic mass is 10.1. The van der Waals surface area contributed by atoms with E-state index >= 15 is 0 Å². The Morgan fingerprint density at radius 2 is 1.77 bits per heavy atom. The highest BCUT2D eigenvalue weighted by Gasteiger charge is 2.20. The van der Waals surface area contributed by atoms with Crippen molar-refractivity contribution >= 4 is 29.2 Å². The number of rotatable bonds is 6. The van der Waals surface area contributed by atoms with Gasteiger partial charge in [-0.25, -0.2) is 9.18 Å². The Morgan fingerprint density at radius 1 is 1.12 bits per heavy atom. The molecule has 0 heterocycles. The molecule has 0 atom stereocenters. The van der Waals surface area contributed by atoms with Gasteiger partial charge in [0.25, 0.3) is 0 Å². The Bertz CT molecular complexity index is 820. The van der Waals surface area contributed by atoms with Gasteiger partial charge in [0.2, 0.25) is 5.91 Å². The molecule has 0 fully saturated rings. The maximum Gasteiger partial charge on any atom is 0.340 e. The summed E-state index contributed by atoms with van der Waals surface area (Å²) in [4.78, 5) is 24.3. The highest BCUT2D eigenvalue weighted by molar-refractivity contribution is 6.31. The van der Waals surface area contributed by atoms with Crippen molar-refractivity contribution in [2.24, 2.45) is 0 Å². The van der Waals surface area contributed by atoms with E-state index in [1.54, 1.807) is 0 Å². The van der Waals surface area contributed by atoms with Crippen LogP contribution in [0.2, 0.25) is 5.02 Å². The summed E-state index contributed by atoms with van der Waals surface area (Å²) in [5.41, 5.74) is 0.275. The average Bonchev–Trinajstić information content (AvgIpc) is 2.63. The first kappa shape index (κ1) is 19.5. The fourth-order valence-corrected chi connectivity index (χ4v) is 2.55. The van der Waals surface area contributed by atoms with E-state index in [9.17, 15) is 14.0 Å². The second kappa shape index (κ2) is 8.53. The van der Waals surface area contributed by atoms with Crippen molar-refractivity contribution in [2.45, 2.75) is 6.42 Å². The van der Waals surface area contributed by atoms with Gasteiger partial charge in [-0.1, -0.05) is 17.7 Å². The summed E-state index contributed by atoms with van der Waals surface area (Å²) in [7, 11) is 4.04. The minimum atomic E-state index is -0.676. The number of esters is 1. The molecule has 8 heteroatoms. The van der Waals surface area contributed by atoms with Crippen LogP contribution in [-0.4, -0.2) is 33.2 Å². The van der Waals surface area contributed by atoms with Crippen LogP contribution in [0.15, 0.2) is 30.3 Å². The maximum atomic E-state index is 13.9. The van der Waals surface area contributed by atoms with Gasteiger partial charge in [-0.2, -0.15) is 0 Å². The SMILES string of the molecule is COC(=O)c1cc(OC)c(OC)cc1NC(=O)Cc1c(F)cccc1Cl. The Labute approximate surface area is 154 Å². The molecule has 0 aliphatic rings. The normalized spacial score (nSPS) is 10.2. The molecule has 0 aromatic heterocycles. The van der Waals surface area contributed by atoms with E-state index < -0.39 is 17.7 Å². The van der Waals surface area contributed by atoms with E-state index in [1.807, 2.05) is 0 Å². The summed E-state index contributed by atoms with van der Waals surface area (Å²) in [6, 6.07) is 6.96. The van der Waals surface area contributed by atoms with Crippen molar-refractivity contribution in [1.82, 2.24) is 0 Å². The van der Waals surface area contributed by atoms with Crippen molar-refractivity contribution in [3.8, 4) is 11.5 Å². The van der Waals surface area contributed by atoms with Crippen molar-refractivity contribution in [1.29, 1.82) is 0 Å². The number of benzene rings is 2. The molecular weight excluding hydrogens is 365 g/mol. The lowest BCUT2D eigenvalue weighted by molar-refractivity contribution is -0.115. The predicted octanol–water partition coefficient (Wildman–Crippen LogP) is 3.46. The second-order valence-electron chi connectivity index (χ2n) is 5.17. The molecule has 0 saturated carbocycles. The summed E-state index contributed by atoms with van der Waals surface area (Å²) < 4.78 is 28.9. The molecule has 0 bridgehead atoms. The van der Waals surface area contributed by atoms with Gasteiger partial charge < -0.3 is 19.5 Å². The van der Waals surface area contributed by atoms with E-state index in [-0.39, 0.29) is 28.3 Å². The quantitative estimate of drug-likeness (QED) is 0.776. The Balaban J connectivity index is 2.35. The highest BCUT2D eigenvalue weighted by atomic mass is 35.5. The topological polar surface area (TPSA) is 73.9 Å². The zero-order valence-corrected chi connectivity index (χ0v) is 15.1. The zero-order chi connectivity index (χ0) is 19.3. The number of nitrogens with one attached hydrogen (secondary N) is 1. The minimum absolute atomic E-state index is 0.0618. The molecule has 2 rings (SSSR count). The number of anilines is 1. The van der Waals surface area contributed by atoms with Crippen molar-refractivity contribution in [2.75, 3.05) is 26.6 Å². The van der Waals surface area contributed by atoms with Crippen LogP contribution < -0.4 is 14.8 Å². The first-order chi connectivity index (χ1) is 12.4. The fraction of sp³-hybridized carbons (Fsp3) is 0.222. The highest BCUT2D eigenvalue weighted by Crippen LogP contribution is 2.34. The molecule has 6 nitrogen and oxygen atoms in total. The third-order valence-corrected chi connectivity index (χ3v) is 3.96. The van der Waals surface area contributed by atoms with E-state index in [0.717, 1.165) is 0 Å². The zero-order valence-electron chi connectivity index (χ0n) is 14.4. The van der Waals surface area contributed by atoms with Gasteiger partial charge in [0.05, 0.1) is 39.0 Å². The van der Waals surface area contributed by atoms with Gasteiger partial charge >= 0.3 is 5.97 Å². The van der Waals surface area contributed by atoms with Crippen molar-refractivity contribution in [3.63, 3.8) is 0 Å². The summed E-state index contributed by atoms with van der Waals surface area (Å²) in [6.07, 6.45) is -0.305. The summed E-state index contributed by atoms with van der Waals surface area (Å²) >= 11 is 5.94. The molecule has 0 spiro atoms. The number of ether oxygens (including phenoxy) is 3. The van der Waals surface area contributed by atoms with Gasteiger partial charge in [0.15, 0.2) is 11.5 Å². The maximum absolute atomic E-state index is 13.9. The monoisotopic (exact) mass is 381 g/mol. The Morgan fingerprint density at radius 3 is 2.35 bits per heavy atom. The minimum Gasteiger partial charge on any atom is -0.493 e. The first-order valence-corrected chi connectivity index (χ1v) is 7.86. The lowest BCUT2D eigenvalue weighted by Gasteiger charge is -2.15. The molecule has 1 N–H and O–H groups in total. The van der Waals surface area contributed by atoms with Gasteiger partial charge in [-0.15, -0.1) is 0 Å².